The topological polar surface area (TPSA) is 66.5 Å². The van der Waals surface area contributed by atoms with Crippen LogP contribution in [0.4, 0.5) is 11.4 Å². The number of nitrogens with zero attached hydrogens (tertiary/aromatic N) is 1. The second-order valence-electron chi connectivity index (χ2n) is 9.47. The molecule has 0 unspecified atom stereocenters. The van der Waals surface area contributed by atoms with E-state index in [1.807, 2.05) is 24.3 Å². The van der Waals surface area contributed by atoms with Crippen molar-refractivity contribution in [1.29, 1.82) is 0 Å². The summed E-state index contributed by atoms with van der Waals surface area (Å²) in [6.07, 6.45) is 2.46. The van der Waals surface area contributed by atoms with E-state index in [0.29, 0.717) is 12.1 Å². The highest BCUT2D eigenvalue weighted by molar-refractivity contribution is 7.92. The maximum Gasteiger partial charge on any atom is 0.264 e. The molecule has 0 atom stereocenters. The zero-order valence-electron chi connectivity index (χ0n) is 21.6. The highest BCUT2D eigenvalue weighted by atomic mass is 32.2. The second-order valence-corrected chi connectivity index (χ2v) is 11.3. The van der Waals surface area contributed by atoms with Crippen LogP contribution in [0.3, 0.4) is 0 Å². The Morgan fingerprint density at radius 2 is 1.47 bits per heavy atom. The Hall–Kier alpha value is -3.38. The van der Waals surface area contributed by atoms with Crippen LogP contribution >= 0.6 is 0 Å². The molecule has 0 aliphatic rings. The Labute approximate surface area is 215 Å². The third-order valence-electron chi connectivity index (χ3n) is 6.11. The number of anilines is 2. The number of rotatable bonds is 11. The third kappa shape index (κ3) is 6.43. The molecule has 0 heterocycles. The summed E-state index contributed by atoms with van der Waals surface area (Å²) in [7, 11) is -3.87. The fraction of sp³-hybridized carbons (Fsp3) is 0.300. The molecule has 5 nitrogen and oxygen atoms in total. The Balaban J connectivity index is 1.87. The largest absolute Gasteiger partial charge is 0.326 e. The molecule has 36 heavy (non-hydrogen) atoms. The number of allylic oxidation sites excluding steroid dienone is 1. The molecule has 3 aromatic carbocycles. The molecule has 0 fully saturated rings. The van der Waals surface area contributed by atoms with Crippen LogP contribution in [0.25, 0.3) is 0 Å². The molecule has 0 saturated heterocycles. The lowest BCUT2D eigenvalue weighted by atomic mass is 9.92. The molecule has 0 spiro atoms. The lowest BCUT2D eigenvalue weighted by Crippen LogP contribution is -2.34. The van der Waals surface area contributed by atoms with Gasteiger partial charge in [0.1, 0.15) is 0 Å². The first-order valence-electron chi connectivity index (χ1n) is 12.4. The molecule has 0 aliphatic carbocycles. The SMILES string of the molecule is C=CCc1ccc(S(=O)(=O)N(CCC(=O)Nc2c(C(C)C)cccc2C(C)C)c2ccccc2)cc1. The summed E-state index contributed by atoms with van der Waals surface area (Å²) in [4.78, 5) is 13.3. The molecule has 1 N–H and O–H groups in total. The Morgan fingerprint density at radius 3 is 2.00 bits per heavy atom. The highest BCUT2D eigenvalue weighted by Crippen LogP contribution is 2.32. The summed E-state index contributed by atoms with van der Waals surface area (Å²) in [6.45, 7) is 12.1. The fourth-order valence-corrected chi connectivity index (χ4v) is 5.64. The molecule has 3 rings (SSSR count). The van der Waals surface area contributed by atoms with Crippen molar-refractivity contribution in [3.05, 3.63) is 102 Å². The van der Waals surface area contributed by atoms with Crippen molar-refractivity contribution >= 4 is 27.3 Å². The predicted molar refractivity (Wildman–Crippen MR) is 149 cm³/mol. The van der Waals surface area contributed by atoms with Gasteiger partial charge in [0.2, 0.25) is 5.91 Å². The molecular weight excluding hydrogens is 468 g/mol. The lowest BCUT2D eigenvalue weighted by Gasteiger charge is -2.25. The lowest BCUT2D eigenvalue weighted by molar-refractivity contribution is -0.116. The van der Waals surface area contributed by atoms with E-state index in [4.69, 9.17) is 0 Å². The van der Waals surface area contributed by atoms with Crippen molar-refractivity contribution in [3.63, 3.8) is 0 Å². The highest BCUT2D eigenvalue weighted by Gasteiger charge is 2.26. The van der Waals surface area contributed by atoms with Crippen molar-refractivity contribution in [2.75, 3.05) is 16.2 Å². The zero-order chi connectivity index (χ0) is 26.3. The van der Waals surface area contributed by atoms with Crippen molar-refractivity contribution in [3.8, 4) is 0 Å². The molecule has 0 aromatic heterocycles. The van der Waals surface area contributed by atoms with Gasteiger partial charge in [0.15, 0.2) is 0 Å². The van der Waals surface area contributed by atoms with Crippen molar-refractivity contribution < 1.29 is 13.2 Å². The molecule has 0 bridgehead atoms. The van der Waals surface area contributed by atoms with Crippen LogP contribution in [0.5, 0.6) is 0 Å². The number of nitrogens with one attached hydrogen (secondary N) is 1. The van der Waals surface area contributed by atoms with Crippen molar-refractivity contribution in [1.82, 2.24) is 0 Å². The summed E-state index contributed by atoms with van der Waals surface area (Å²) in [5, 5.41) is 3.09. The van der Waals surface area contributed by atoms with E-state index >= 15 is 0 Å². The number of sulfonamides is 1. The van der Waals surface area contributed by atoms with Crippen LogP contribution in [0.2, 0.25) is 0 Å². The van der Waals surface area contributed by atoms with Gasteiger partial charge < -0.3 is 5.32 Å². The molecule has 1 amide bonds. The van der Waals surface area contributed by atoms with Gasteiger partial charge >= 0.3 is 0 Å². The first-order chi connectivity index (χ1) is 17.1. The van der Waals surface area contributed by atoms with E-state index in [-0.39, 0.29) is 35.6 Å². The van der Waals surface area contributed by atoms with Gasteiger partial charge in [-0.2, -0.15) is 0 Å². The number of para-hydroxylation sites is 2. The molecule has 3 aromatic rings. The van der Waals surface area contributed by atoms with Gasteiger partial charge in [-0.1, -0.05) is 82.3 Å². The third-order valence-corrected chi connectivity index (χ3v) is 7.96. The summed E-state index contributed by atoms with van der Waals surface area (Å²) in [5.41, 5.74) is 4.48. The van der Waals surface area contributed by atoms with E-state index in [1.54, 1.807) is 54.6 Å². The molecule has 190 valence electrons. The predicted octanol–water partition coefficient (Wildman–Crippen LogP) is 6.89. The molecular formula is C30H36N2O3S. The maximum atomic E-state index is 13.6. The van der Waals surface area contributed by atoms with Crippen LogP contribution in [0, 0.1) is 0 Å². The number of hydrogen-bond acceptors (Lipinski definition) is 3. The van der Waals surface area contributed by atoms with Gasteiger partial charge in [0, 0.05) is 18.7 Å². The van der Waals surface area contributed by atoms with Crippen LogP contribution < -0.4 is 9.62 Å². The molecule has 0 aliphatic heterocycles. The number of hydrogen-bond donors (Lipinski definition) is 1. The van der Waals surface area contributed by atoms with Crippen molar-refractivity contribution in [2.45, 2.75) is 57.3 Å². The normalized spacial score (nSPS) is 11.5. The fourth-order valence-electron chi connectivity index (χ4n) is 4.17. The molecule has 0 radical (unpaired) electrons. The van der Waals surface area contributed by atoms with Gasteiger partial charge in [-0.15, -0.1) is 6.58 Å². The van der Waals surface area contributed by atoms with Gasteiger partial charge in [-0.3, -0.25) is 9.10 Å². The minimum atomic E-state index is -3.87. The molecule has 0 saturated carbocycles. The summed E-state index contributed by atoms with van der Waals surface area (Å²) in [5.74, 6) is 0.260. The monoisotopic (exact) mass is 504 g/mol. The van der Waals surface area contributed by atoms with Gasteiger partial charge in [-0.25, -0.2) is 8.42 Å². The Morgan fingerprint density at radius 1 is 0.889 bits per heavy atom. The standard InChI is InChI=1S/C30H36N2O3S/c1-6-11-24-16-18-26(19-17-24)36(34,35)32(25-12-8-7-9-13-25)21-20-29(33)31-30-27(22(2)3)14-10-15-28(30)23(4)5/h6-10,12-19,22-23H,1,11,20-21H2,2-5H3,(H,31,33). The van der Waals surface area contributed by atoms with E-state index in [1.165, 1.54) is 4.31 Å². The smallest absolute Gasteiger partial charge is 0.264 e. The minimum absolute atomic E-state index is 0.0205. The van der Waals surface area contributed by atoms with Crippen molar-refractivity contribution in [2.24, 2.45) is 0 Å². The number of carbonyl (C=O) groups is 1. The zero-order valence-corrected chi connectivity index (χ0v) is 22.4. The van der Waals surface area contributed by atoms with Gasteiger partial charge in [0.05, 0.1) is 10.6 Å². The number of amides is 1. The van der Waals surface area contributed by atoms with E-state index < -0.39 is 10.0 Å². The first-order valence-corrected chi connectivity index (χ1v) is 13.8. The first kappa shape index (κ1) is 27.2. The summed E-state index contributed by atoms with van der Waals surface area (Å²) < 4.78 is 28.6. The average molecular weight is 505 g/mol. The van der Waals surface area contributed by atoms with E-state index in [9.17, 15) is 13.2 Å². The van der Waals surface area contributed by atoms with Crippen LogP contribution in [-0.2, 0) is 21.2 Å². The number of carbonyl (C=O) groups excluding carboxylic acids is 1. The molecule has 6 heteroatoms. The van der Waals surface area contributed by atoms with Crippen LogP contribution in [-0.4, -0.2) is 20.9 Å². The number of benzene rings is 3. The maximum absolute atomic E-state index is 13.6. The second kappa shape index (κ2) is 12.0. The Kier molecular flexibility index (Phi) is 9.10. The van der Waals surface area contributed by atoms with E-state index in [0.717, 1.165) is 22.4 Å². The van der Waals surface area contributed by atoms with Gasteiger partial charge in [-0.05, 0) is 59.2 Å². The van der Waals surface area contributed by atoms with Crippen LogP contribution in [0.15, 0.2) is 90.3 Å². The van der Waals surface area contributed by atoms with E-state index in [2.05, 4.69) is 39.6 Å². The summed E-state index contributed by atoms with van der Waals surface area (Å²) in [6, 6.07) is 21.8. The summed E-state index contributed by atoms with van der Waals surface area (Å²) >= 11 is 0. The Bertz CT molecular complexity index is 1260. The van der Waals surface area contributed by atoms with Crippen LogP contribution in [0.1, 0.15) is 62.6 Å². The minimum Gasteiger partial charge on any atom is -0.326 e. The quantitative estimate of drug-likeness (QED) is 0.289. The average Bonchev–Trinajstić information content (AvgIpc) is 2.85. The van der Waals surface area contributed by atoms with Gasteiger partial charge in [0.25, 0.3) is 10.0 Å².